The monoisotopic (exact) mass is 432 g/mol. The maximum atomic E-state index is 14.0. The second-order valence-corrected chi connectivity index (χ2v) is 8.26. The van der Waals surface area contributed by atoms with Gasteiger partial charge >= 0.3 is 0 Å². The fourth-order valence-corrected chi connectivity index (χ4v) is 4.38. The Hall–Kier alpha value is -2.85. The predicted molar refractivity (Wildman–Crippen MR) is 109 cm³/mol. The van der Waals surface area contributed by atoms with Gasteiger partial charge in [-0.3, -0.25) is 14.4 Å². The Labute approximate surface area is 176 Å². The Morgan fingerprint density at radius 1 is 1.33 bits per heavy atom. The molecule has 0 aliphatic carbocycles. The third-order valence-electron chi connectivity index (χ3n) is 5.16. The number of thiazole rings is 1. The van der Waals surface area contributed by atoms with Gasteiger partial charge in [0.1, 0.15) is 24.9 Å². The highest BCUT2D eigenvalue weighted by Crippen LogP contribution is 2.29. The second kappa shape index (κ2) is 8.11. The fraction of sp³-hybridized carbons (Fsp3) is 0.400. The molecule has 1 unspecified atom stereocenters. The van der Waals surface area contributed by atoms with E-state index in [2.05, 4.69) is 10.3 Å². The summed E-state index contributed by atoms with van der Waals surface area (Å²) in [5, 5.41) is 5.37. The van der Waals surface area contributed by atoms with Crippen LogP contribution in [0.15, 0.2) is 29.6 Å². The topological polar surface area (TPSA) is 91.8 Å². The number of aromatic nitrogens is 1. The third-order valence-corrected chi connectivity index (χ3v) is 6.17. The van der Waals surface area contributed by atoms with Crippen molar-refractivity contribution in [3.63, 3.8) is 0 Å². The number of likely N-dealkylation sites (tertiary alicyclic amines) is 1. The lowest BCUT2D eigenvalue weighted by atomic mass is 10.1. The molecule has 158 valence electrons. The largest absolute Gasteiger partial charge is 0.365 e. The molecular weight excluding hydrogens is 411 g/mol. The molecule has 3 heterocycles. The van der Waals surface area contributed by atoms with E-state index in [4.69, 9.17) is 4.74 Å². The summed E-state index contributed by atoms with van der Waals surface area (Å²) in [5.41, 5.74) is 2.08. The summed E-state index contributed by atoms with van der Waals surface area (Å²) < 4.78 is 19.1. The lowest BCUT2D eigenvalue weighted by Crippen LogP contribution is -2.46. The number of Topliss-reactive ketones (excluding diaryl/α,β-unsaturated/α-hetero) is 1. The number of anilines is 1. The summed E-state index contributed by atoms with van der Waals surface area (Å²) in [6.45, 7) is -0.706. The number of hydrogen-bond acceptors (Lipinski definition) is 7. The van der Waals surface area contributed by atoms with Crippen LogP contribution in [0.4, 0.5) is 9.52 Å². The molecule has 1 N–H and O–H groups in total. The predicted octanol–water partition coefficient (Wildman–Crippen LogP) is 1.12. The Morgan fingerprint density at radius 3 is 2.73 bits per heavy atom. The molecule has 0 saturated carbocycles. The van der Waals surface area contributed by atoms with Crippen LogP contribution in [0.25, 0.3) is 11.3 Å². The number of amides is 2. The van der Waals surface area contributed by atoms with Gasteiger partial charge in [0.15, 0.2) is 10.9 Å². The number of ether oxygens (including phenoxy) is 1. The van der Waals surface area contributed by atoms with Crippen molar-refractivity contribution in [3.8, 4) is 11.3 Å². The lowest BCUT2D eigenvalue weighted by molar-refractivity contribution is -0.135. The van der Waals surface area contributed by atoms with Gasteiger partial charge in [-0.25, -0.2) is 9.37 Å². The van der Waals surface area contributed by atoms with Crippen LogP contribution in [-0.2, 0) is 14.3 Å². The number of ketones is 1. The van der Waals surface area contributed by atoms with Crippen molar-refractivity contribution in [1.29, 1.82) is 0 Å². The Morgan fingerprint density at radius 2 is 2.07 bits per heavy atom. The minimum atomic E-state index is -1.40. The lowest BCUT2D eigenvalue weighted by Gasteiger charge is -2.21. The van der Waals surface area contributed by atoms with Gasteiger partial charge in [0.2, 0.25) is 5.91 Å². The van der Waals surface area contributed by atoms with Crippen LogP contribution in [0.5, 0.6) is 0 Å². The molecular formula is C20H21FN4O4S. The van der Waals surface area contributed by atoms with Gasteiger partial charge in [0.25, 0.3) is 5.91 Å². The number of carbonyl (C=O) groups excluding carboxylic acids is 3. The number of benzene rings is 1. The molecule has 1 aromatic carbocycles. The van der Waals surface area contributed by atoms with Crippen LogP contribution in [0.3, 0.4) is 0 Å². The van der Waals surface area contributed by atoms with Gasteiger partial charge in [-0.05, 0) is 12.1 Å². The van der Waals surface area contributed by atoms with Crippen LogP contribution >= 0.6 is 11.3 Å². The zero-order valence-electron chi connectivity index (χ0n) is 16.5. The molecule has 3 atom stereocenters. The summed E-state index contributed by atoms with van der Waals surface area (Å²) in [7, 11) is 3.84. The smallest absolute Gasteiger partial charge is 0.251 e. The van der Waals surface area contributed by atoms with Crippen LogP contribution in [0.1, 0.15) is 10.4 Å². The maximum Gasteiger partial charge on any atom is 0.251 e. The average Bonchev–Trinajstić information content (AvgIpc) is 3.44. The van der Waals surface area contributed by atoms with Crippen molar-refractivity contribution in [2.45, 2.75) is 18.3 Å². The highest BCUT2D eigenvalue weighted by Gasteiger charge is 2.52. The number of alkyl halides is 1. The normalized spacial score (nSPS) is 22.8. The van der Waals surface area contributed by atoms with Gasteiger partial charge in [0, 0.05) is 30.6 Å². The van der Waals surface area contributed by atoms with E-state index in [9.17, 15) is 18.8 Å². The van der Waals surface area contributed by atoms with Gasteiger partial charge in [-0.2, -0.15) is 0 Å². The second-order valence-electron chi connectivity index (χ2n) is 7.42. The van der Waals surface area contributed by atoms with Crippen LogP contribution in [0.2, 0.25) is 0 Å². The molecule has 1 aromatic heterocycles. The molecule has 10 heteroatoms. The molecule has 0 spiro atoms. The molecule has 0 bridgehead atoms. The number of hydrogen-bond donors (Lipinski definition) is 1. The molecule has 2 aliphatic rings. The first-order chi connectivity index (χ1) is 14.3. The molecule has 2 aromatic rings. The van der Waals surface area contributed by atoms with Gasteiger partial charge in [-0.15, -0.1) is 11.3 Å². The number of halogens is 1. The highest BCUT2D eigenvalue weighted by molar-refractivity contribution is 7.14. The Kier molecular flexibility index (Phi) is 5.52. The van der Waals surface area contributed by atoms with E-state index in [1.54, 1.807) is 24.3 Å². The molecule has 30 heavy (non-hydrogen) atoms. The first-order valence-electron chi connectivity index (χ1n) is 9.44. The number of fused-ring (bicyclic) bond motifs is 1. The minimum absolute atomic E-state index is 0.187. The van der Waals surface area contributed by atoms with Crippen molar-refractivity contribution in [1.82, 2.24) is 15.2 Å². The van der Waals surface area contributed by atoms with Crippen molar-refractivity contribution >= 4 is 34.1 Å². The van der Waals surface area contributed by atoms with Crippen LogP contribution < -0.4 is 10.2 Å². The molecule has 4 rings (SSSR count). The van der Waals surface area contributed by atoms with E-state index in [0.29, 0.717) is 5.56 Å². The Balaban J connectivity index is 1.36. The summed E-state index contributed by atoms with van der Waals surface area (Å²) in [6.07, 6.45) is -2.30. The number of carbonyl (C=O) groups is 3. The first-order valence-corrected chi connectivity index (χ1v) is 10.3. The zero-order chi connectivity index (χ0) is 21.4. The quantitative estimate of drug-likeness (QED) is 0.762. The molecule has 2 fully saturated rings. The zero-order valence-corrected chi connectivity index (χ0v) is 17.3. The van der Waals surface area contributed by atoms with Gasteiger partial charge < -0.3 is 19.9 Å². The number of nitrogens with zero attached hydrogens (tertiary/aromatic N) is 3. The Bertz CT molecular complexity index is 977. The van der Waals surface area contributed by atoms with E-state index in [0.717, 1.165) is 16.4 Å². The number of nitrogens with one attached hydrogen (secondary N) is 1. The molecule has 2 amide bonds. The molecule has 2 saturated heterocycles. The van der Waals surface area contributed by atoms with E-state index in [1.165, 1.54) is 16.2 Å². The number of rotatable bonds is 5. The van der Waals surface area contributed by atoms with Crippen molar-refractivity contribution in [2.75, 3.05) is 38.7 Å². The molecule has 2 aliphatic heterocycles. The maximum absolute atomic E-state index is 14.0. The van der Waals surface area contributed by atoms with Crippen LogP contribution in [0, 0.1) is 0 Å². The van der Waals surface area contributed by atoms with E-state index in [-0.39, 0.29) is 25.5 Å². The van der Waals surface area contributed by atoms with E-state index < -0.39 is 30.1 Å². The summed E-state index contributed by atoms with van der Waals surface area (Å²) in [4.78, 5) is 44.3. The van der Waals surface area contributed by atoms with E-state index in [1.807, 2.05) is 24.4 Å². The standard InChI is InChI=1S/C20H21FN4O4S/c1-24(2)20-23-14(10-30-20)11-3-5-12(6-4-11)19(28)22-7-16(27)25-8-13(21)18-17(25)15(26)9-29-18/h3-6,10,13,17-18H,7-9H2,1-2H3,(H,22,28)/t13-,17?,18+/m0/s1. The minimum Gasteiger partial charge on any atom is -0.365 e. The summed E-state index contributed by atoms with van der Waals surface area (Å²) in [5.74, 6) is -1.24. The molecule has 8 nitrogen and oxygen atoms in total. The van der Waals surface area contributed by atoms with Gasteiger partial charge in [-0.1, -0.05) is 12.1 Å². The van der Waals surface area contributed by atoms with Gasteiger partial charge in [0.05, 0.1) is 18.8 Å². The fourth-order valence-electron chi connectivity index (χ4n) is 3.61. The van der Waals surface area contributed by atoms with Crippen molar-refractivity contribution in [2.24, 2.45) is 0 Å². The first kappa shape index (κ1) is 20.4. The average molecular weight is 432 g/mol. The van der Waals surface area contributed by atoms with E-state index >= 15 is 0 Å². The SMILES string of the molecule is CN(C)c1nc(-c2ccc(C(=O)NCC(=O)N3C[C@H](F)[C@H]4OCC(=O)C43)cc2)cs1. The van der Waals surface area contributed by atoms with Crippen LogP contribution in [-0.4, -0.2) is 79.6 Å². The summed E-state index contributed by atoms with van der Waals surface area (Å²) >= 11 is 1.53. The highest BCUT2D eigenvalue weighted by atomic mass is 32.1. The summed E-state index contributed by atoms with van der Waals surface area (Å²) in [6, 6.07) is 5.99. The van der Waals surface area contributed by atoms with Crippen molar-refractivity contribution < 1.29 is 23.5 Å². The van der Waals surface area contributed by atoms with Crippen molar-refractivity contribution in [3.05, 3.63) is 35.2 Å². The molecule has 0 radical (unpaired) electrons. The third kappa shape index (κ3) is 3.80.